The number of pyridine rings is 1. The average molecular weight is 392 g/mol. The largest absolute Gasteiger partial charge is 0.466 e. The van der Waals surface area contributed by atoms with Gasteiger partial charge in [0.25, 0.3) is 11.6 Å². The number of rotatable bonds is 3. The maximum atomic E-state index is 13.3. The molecule has 2 atom stereocenters. The fourth-order valence-corrected chi connectivity index (χ4v) is 4.05. The van der Waals surface area contributed by atoms with E-state index < -0.39 is 0 Å². The van der Waals surface area contributed by atoms with Crippen LogP contribution < -0.4 is 5.32 Å². The maximum Gasteiger partial charge on any atom is 0.259 e. The lowest BCUT2D eigenvalue weighted by atomic mass is 10.0. The van der Waals surface area contributed by atoms with Crippen LogP contribution in [-0.4, -0.2) is 30.8 Å². The first-order valence-electron chi connectivity index (χ1n) is 9.47. The molecule has 2 unspecified atom stereocenters. The topological polar surface area (TPSA) is 112 Å². The Morgan fingerprint density at radius 1 is 1.28 bits per heavy atom. The highest BCUT2D eigenvalue weighted by atomic mass is 16.5. The van der Waals surface area contributed by atoms with Gasteiger partial charge < -0.3 is 14.3 Å². The van der Waals surface area contributed by atoms with Crippen molar-refractivity contribution in [3.8, 4) is 11.3 Å². The van der Waals surface area contributed by atoms with E-state index in [-0.39, 0.29) is 18.0 Å². The van der Waals surface area contributed by atoms with Gasteiger partial charge in [0.15, 0.2) is 0 Å². The van der Waals surface area contributed by atoms with Crippen LogP contribution in [0.15, 0.2) is 27.4 Å². The number of carbonyl (C=O) groups is 1. The SMILES string of the molecule is Cc1cc(-c2cc(C(=O)NC3CC(C)n4ncnc43)c3c(C)noc3n2)c(C)o1. The summed E-state index contributed by atoms with van der Waals surface area (Å²) in [6.07, 6.45) is 2.26. The molecule has 29 heavy (non-hydrogen) atoms. The molecule has 0 spiro atoms. The van der Waals surface area contributed by atoms with E-state index in [4.69, 9.17) is 8.94 Å². The van der Waals surface area contributed by atoms with Crippen LogP contribution in [0.4, 0.5) is 0 Å². The first kappa shape index (κ1) is 17.6. The molecule has 1 aliphatic rings. The molecule has 4 aromatic rings. The van der Waals surface area contributed by atoms with E-state index in [9.17, 15) is 4.79 Å². The Bertz CT molecular complexity index is 1250. The molecular formula is C20H20N6O3. The molecule has 0 bridgehead atoms. The zero-order chi connectivity index (χ0) is 20.3. The number of nitrogens with zero attached hydrogens (tertiary/aromatic N) is 5. The Hall–Kier alpha value is -3.49. The molecule has 9 heteroatoms. The second kappa shape index (κ2) is 6.26. The van der Waals surface area contributed by atoms with Gasteiger partial charge >= 0.3 is 0 Å². The zero-order valence-electron chi connectivity index (χ0n) is 16.6. The van der Waals surface area contributed by atoms with Crippen LogP contribution in [0, 0.1) is 20.8 Å². The van der Waals surface area contributed by atoms with Gasteiger partial charge in [0.1, 0.15) is 23.7 Å². The molecule has 0 aliphatic carbocycles. The van der Waals surface area contributed by atoms with Crippen LogP contribution in [0.3, 0.4) is 0 Å². The van der Waals surface area contributed by atoms with Gasteiger partial charge in [0.05, 0.1) is 34.4 Å². The van der Waals surface area contributed by atoms with Gasteiger partial charge in [-0.25, -0.2) is 14.6 Å². The van der Waals surface area contributed by atoms with Gasteiger partial charge in [-0.15, -0.1) is 0 Å². The summed E-state index contributed by atoms with van der Waals surface area (Å²) in [6, 6.07) is 3.64. The van der Waals surface area contributed by atoms with E-state index in [1.54, 1.807) is 13.0 Å². The van der Waals surface area contributed by atoms with Crippen molar-refractivity contribution in [1.82, 2.24) is 30.2 Å². The van der Waals surface area contributed by atoms with Crippen molar-refractivity contribution in [2.75, 3.05) is 0 Å². The quantitative estimate of drug-likeness (QED) is 0.568. The number of fused-ring (bicyclic) bond motifs is 2. The molecule has 5 heterocycles. The number of hydrogen-bond donors (Lipinski definition) is 1. The van der Waals surface area contributed by atoms with Crippen molar-refractivity contribution in [2.24, 2.45) is 0 Å². The van der Waals surface area contributed by atoms with E-state index in [0.29, 0.717) is 28.1 Å². The van der Waals surface area contributed by atoms with E-state index in [1.165, 1.54) is 6.33 Å². The van der Waals surface area contributed by atoms with Gasteiger partial charge in [-0.1, -0.05) is 5.16 Å². The summed E-state index contributed by atoms with van der Waals surface area (Å²) in [6.45, 7) is 7.59. The van der Waals surface area contributed by atoms with Gasteiger partial charge in [0.2, 0.25) is 0 Å². The Labute approximate surface area is 166 Å². The minimum Gasteiger partial charge on any atom is -0.466 e. The summed E-state index contributed by atoms with van der Waals surface area (Å²) in [5.74, 6) is 2.05. The molecule has 9 nitrogen and oxygen atoms in total. The molecule has 4 aromatic heterocycles. The van der Waals surface area contributed by atoms with Crippen molar-refractivity contribution in [2.45, 2.75) is 46.2 Å². The monoisotopic (exact) mass is 392 g/mol. The fourth-order valence-electron chi connectivity index (χ4n) is 4.05. The Balaban J connectivity index is 1.58. The molecule has 0 saturated carbocycles. The normalized spacial score (nSPS) is 18.3. The van der Waals surface area contributed by atoms with Crippen molar-refractivity contribution < 1.29 is 13.7 Å². The van der Waals surface area contributed by atoms with E-state index in [0.717, 1.165) is 29.3 Å². The van der Waals surface area contributed by atoms with E-state index in [1.807, 2.05) is 24.6 Å². The molecule has 1 N–H and O–H groups in total. The van der Waals surface area contributed by atoms with Gasteiger partial charge in [0, 0.05) is 5.56 Å². The highest BCUT2D eigenvalue weighted by Crippen LogP contribution is 2.33. The Morgan fingerprint density at radius 2 is 2.10 bits per heavy atom. The summed E-state index contributed by atoms with van der Waals surface area (Å²) in [5, 5.41) is 11.9. The third kappa shape index (κ3) is 2.72. The van der Waals surface area contributed by atoms with Crippen LogP contribution in [0.2, 0.25) is 0 Å². The Kier molecular flexibility index (Phi) is 3.80. The van der Waals surface area contributed by atoms with Crippen LogP contribution >= 0.6 is 0 Å². The van der Waals surface area contributed by atoms with Crippen molar-refractivity contribution in [3.05, 3.63) is 47.1 Å². The third-order valence-corrected chi connectivity index (χ3v) is 5.39. The second-order valence-electron chi connectivity index (χ2n) is 7.50. The molecule has 0 radical (unpaired) electrons. The summed E-state index contributed by atoms with van der Waals surface area (Å²) in [7, 11) is 0. The highest BCUT2D eigenvalue weighted by molar-refractivity contribution is 6.07. The number of amides is 1. The lowest BCUT2D eigenvalue weighted by Crippen LogP contribution is -2.28. The summed E-state index contributed by atoms with van der Waals surface area (Å²) >= 11 is 0. The standard InChI is InChI=1S/C20H20N6O3/c1-9-5-16(18-21-8-22-26(9)18)23-19(27)14-7-15(13-6-10(2)28-12(13)4)24-20-17(14)11(3)25-29-20/h6-9,16H,5H2,1-4H3,(H,23,27). The molecule has 0 saturated heterocycles. The van der Waals surface area contributed by atoms with Crippen LogP contribution in [0.1, 0.15) is 58.8 Å². The first-order valence-corrected chi connectivity index (χ1v) is 9.47. The number of aromatic nitrogens is 5. The summed E-state index contributed by atoms with van der Waals surface area (Å²) < 4.78 is 12.9. The minimum atomic E-state index is -0.225. The molecule has 1 aliphatic heterocycles. The Morgan fingerprint density at radius 3 is 2.86 bits per heavy atom. The second-order valence-corrected chi connectivity index (χ2v) is 7.50. The predicted molar refractivity (Wildman–Crippen MR) is 103 cm³/mol. The van der Waals surface area contributed by atoms with Crippen molar-refractivity contribution >= 4 is 17.0 Å². The van der Waals surface area contributed by atoms with Gasteiger partial charge in [-0.3, -0.25) is 4.79 Å². The third-order valence-electron chi connectivity index (χ3n) is 5.39. The highest BCUT2D eigenvalue weighted by Gasteiger charge is 2.32. The van der Waals surface area contributed by atoms with Gasteiger partial charge in [-0.2, -0.15) is 5.10 Å². The first-order chi connectivity index (χ1) is 13.9. The molecule has 148 valence electrons. The number of aryl methyl sites for hydroxylation is 3. The van der Waals surface area contributed by atoms with Crippen LogP contribution in [0.25, 0.3) is 22.4 Å². The lowest BCUT2D eigenvalue weighted by Gasteiger charge is -2.12. The summed E-state index contributed by atoms with van der Waals surface area (Å²) in [4.78, 5) is 22.2. The molecule has 0 aromatic carbocycles. The van der Waals surface area contributed by atoms with Gasteiger partial charge in [-0.05, 0) is 46.2 Å². The maximum absolute atomic E-state index is 13.3. The zero-order valence-corrected chi connectivity index (χ0v) is 16.6. The number of furan rings is 1. The summed E-state index contributed by atoms with van der Waals surface area (Å²) in [5.41, 5.74) is 2.84. The van der Waals surface area contributed by atoms with Crippen LogP contribution in [0.5, 0.6) is 0 Å². The number of carbonyl (C=O) groups excluding carboxylic acids is 1. The predicted octanol–water partition coefficient (Wildman–Crippen LogP) is 3.44. The molecule has 5 rings (SSSR count). The van der Waals surface area contributed by atoms with Crippen molar-refractivity contribution in [1.29, 1.82) is 0 Å². The minimum absolute atomic E-state index is 0.180. The lowest BCUT2D eigenvalue weighted by molar-refractivity contribution is 0.0937. The number of nitrogens with one attached hydrogen (secondary N) is 1. The van der Waals surface area contributed by atoms with Crippen molar-refractivity contribution in [3.63, 3.8) is 0 Å². The molecule has 1 amide bonds. The molecular weight excluding hydrogens is 372 g/mol. The molecule has 0 fully saturated rings. The smallest absolute Gasteiger partial charge is 0.259 e. The van der Waals surface area contributed by atoms with Crippen LogP contribution in [-0.2, 0) is 0 Å². The number of hydrogen-bond acceptors (Lipinski definition) is 7. The fraction of sp³-hybridized carbons (Fsp3) is 0.350. The van der Waals surface area contributed by atoms with E-state index in [2.05, 4.69) is 32.5 Å². The van der Waals surface area contributed by atoms with E-state index >= 15 is 0 Å². The average Bonchev–Trinajstić information content (AvgIpc) is 3.43.